The topological polar surface area (TPSA) is 179 Å². The van der Waals surface area contributed by atoms with Gasteiger partial charge in [0, 0.05) is 18.2 Å². The molecule has 5 atom stereocenters. The number of nitrogens with one attached hydrogen (secondary N) is 4. The summed E-state index contributed by atoms with van der Waals surface area (Å²) in [5, 5.41) is 21.9. The summed E-state index contributed by atoms with van der Waals surface area (Å²) in [6.45, 7) is 8.87. The summed E-state index contributed by atoms with van der Waals surface area (Å²) in [4.78, 5) is 70.3. The number of hydrogen-bond donors (Lipinski definition) is 5. The van der Waals surface area contributed by atoms with Crippen molar-refractivity contribution in [3.8, 4) is 0 Å². The molecule has 1 aromatic carbocycles. The minimum Gasteiger partial charge on any atom is -0.387 e. The van der Waals surface area contributed by atoms with Crippen LogP contribution >= 0.6 is 11.3 Å². The van der Waals surface area contributed by atoms with Crippen LogP contribution in [0, 0.1) is 11.8 Å². The van der Waals surface area contributed by atoms with Gasteiger partial charge in [-0.05, 0) is 37.2 Å². The number of carbonyl (C=O) groups excluding carboxylic acids is 5. The molecule has 0 radical (unpaired) electrons. The molecule has 3 rings (SSSR count). The number of rotatable bonds is 18. The lowest BCUT2D eigenvalue weighted by Gasteiger charge is -2.28. The zero-order valence-electron chi connectivity index (χ0n) is 26.5. The van der Waals surface area contributed by atoms with Gasteiger partial charge in [-0.2, -0.15) is 0 Å². The van der Waals surface area contributed by atoms with E-state index < -0.39 is 60.0 Å². The minimum atomic E-state index is -1.09. The molecule has 2 aromatic rings. The number of ketones is 1. The van der Waals surface area contributed by atoms with E-state index >= 15 is 0 Å². The number of ether oxygens (including phenoxy) is 1. The number of Topliss-reactive ketones (excluding diaryl/α,β-unsaturated/α-hetero) is 1. The van der Waals surface area contributed by atoms with Crippen molar-refractivity contribution in [2.75, 3.05) is 13.2 Å². The quantitative estimate of drug-likeness (QED) is 0.151. The van der Waals surface area contributed by atoms with Gasteiger partial charge in [-0.25, -0.2) is 4.98 Å². The second-order valence-electron chi connectivity index (χ2n) is 12.5. The van der Waals surface area contributed by atoms with Crippen LogP contribution in [0.2, 0.25) is 0 Å². The number of aliphatic hydroxyl groups excluding tert-OH is 1. The van der Waals surface area contributed by atoms with Gasteiger partial charge in [0.1, 0.15) is 30.3 Å². The number of aliphatic hydroxyl groups is 1. The molecule has 5 N–H and O–H groups in total. The molecular weight excluding hydrogens is 598 g/mol. The van der Waals surface area contributed by atoms with Gasteiger partial charge < -0.3 is 31.1 Å². The molecule has 0 aliphatic carbocycles. The van der Waals surface area contributed by atoms with Crippen molar-refractivity contribution in [3.05, 3.63) is 52.5 Å². The van der Waals surface area contributed by atoms with E-state index in [1.54, 1.807) is 17.8 Å². The largest absolute Gasteiger partial charge is 0.387 e. The van der Waals surface area contributed by atoms with Crippen molar-refractivity contribution in [3.63, 3.8) is 0 Å². The molecule has 0 saturated carbocycles. The fraction of sp³-hybridized carbons (Fsp3) is 0.562. The molecule has 1 saturated heterocycles. The van der Waals surface area contributed by atoms with Gasteiger partial charge in [-0.1, -0.05) is 58.0 Å². The summed E-state index contributed by atoms with van der Waals surface area (Å²) in [5.41, 5.74) is 2.03. The maximum absolute atomic E-state index is 13.8. The lowest BCUT2D eigenvalue weighted by molar-refractivity contribution is -0.135. The Hall–Kier alpha value is -3.68. The van der Waals surface area contributed by atoms with Gasteiger partial charge in [-0.3, -0.25) is 24.0 Å². The third kappa shape index (κ3) is 11.3. The number of benzene rings is 1. The van der Waals surface area contributed by atoms with Crippen LogP contribution in [0.5, 0.6) is 0 Å². The Balaban J connectivity index is 1.82. The molecule has 1 aliphatic rings. The van der Waals surface area contributed by atoms with E-state index in [1.807, 2.05) is 58.0 Å². The second kappa shape index (κ2) is 16.6. The standard InChI is InChI=1S/C32H45N5O7S/c1-19(2)11-23(28(40)32(5)17-44-32)35-30(42)25(13-21-9-7-6-8-10-21)37-29(41)24(12-20(3)4)36-31(43)26(34-27(39)15-38)14-22-16-45-18-33-22/h6-10,16,18-20,23-26,38H,11-15,17H2,1-5H3,(H,34,39)(H,35,42)(H,36,43)(H,37,41)/t23-,24-,25-,26-,32+/m0/s1. The predicted octanol–water partition coefficient (Wildman–Crippen LogP) is 1.31. The highest BCUT2D eigenvalue weighted by atomic mass is 32.1. The first kappa shape index (κ1) is 35.8. The number of thiazole rings is 1. The predicted molar refractivity (Wildman–Crippen MR) is 169 cm³/mol. The first-order valence-corrected chi connectivity index (χ1v) is 16.2. The highest BCUT2D eigenvalue weighted by molar-refractivity contribution is 7.07. The molecule has 1 aliphatic heterocycles. The molecule has 0 unspecified atom stereocenters. The van der Waals surface area contributed by atoms with Crippen molar-refractivity contribution in [1.29, 1.82) is 0 Å². The van der Waals surface area contributed by atoms with Gasteiger partial charge >= 0.3 is 0 Å². The van der Waals surface area contributed by atoms with E-state index in [4.69, 9.17) is 4.74 Å². The van der Waals surface area contributed by atoms with Gasteiger partial charge in [0.25, 0.3) is 0 Å². The summed E-state index contributed by atoms with van der Waals surface area (Å²) < 4.78 is 5.36. The van der Waals surface area contributed by atoms with Gasteiger partial charge in [0.2, 0.25) is 23.6 Å². The molecule has 45 heavy (non-hydrogen) atoms. The molecule has 0 bridgehead atoms. The van der Waals surface area contributed by atoms with Crippen molar-refractivity contribution < 1.29 is 33.8 Å². The lowest BCUT2D eigenvalue weighted by atomic mass is 9.93. The highest BCUT2D eigenvalue weighted by Gasteiger charge is 2.50. The van der Waals surface area contributed by atoms with E-state index in [9.17, 15) is 29.1 Å². The first-order valence-electron chi connectivity index (χ1n) is 15.2. The Kier molecular flexibility index (Phi) is 13.2. The Labute approximate surface area is 268 Å². The zero-order valence-corrected chi connectivity index (χ0v) is 27.3. The fourth-order valence-corrected chi connectivity index (χ4v) is 5.47. The molecule has 2 heterocycles. The third-order valence-electron chi connectivity index (χ3n) is 7.39. The lowest BCUT2D eigenvalue weighted by Crippen LogP contribution is -2.59. The molecule has 246 valence electrons. The molecule has 4 amide bonds. The smallest absolute Gasteiger partial charge is 0.246 e. The van der Waals surface area contributed by atoms with Crippen molar-refractivity contribution in [2.45, 2.75) is 90.1 Å². The minimum absolute atomic E-state index is 0.0150. The molecule has 1 aromatic heterocycles. The van der Waals surface area contributed by atoms with Crippen LogP contribution in [-0.4, -0.2) is 82.5 Å². The Bertz CT molecular complexity index is 1300. The van der Waals surface area contributed by atoms with Crippen molar-refractivity contribution in [1.82, 2.24) is 26.3 Å². The monoisotopic (exact) mass is 643 g/mol. The molecule has 13 heteroatoms. The molecular formula is C32H45N5O7S. The van der Waals surface area contributed by atoms with Crippen LogP contribution in [-0.2, 0) is 41.6 Å². The molecule has 1 fully saturated rings. The van der Waals surface area contributed by atoms with E-state index in [1.165, 1.54) is 11.3 Å². The summed E-state index contributed by atoms with van der Waals surface area (Å²) >= 11 is 1.33. The Morgan fingerprint density at radius 1 is 0.844 bits per heavy atom. The first-order chi connectivity index (χ1) is 21.3. The number of amides is 4. The maximum Gasteiger partial charge on any atom is 0.246 e. The molecule has 0 spiro atoms. The van der Waals surface area contributed by atoms with E-state index in [0.717, 1.165) is 5.56 Å². The van der Waals surface area contributed by atoms with E-state index in [0.29, 0.717) is 18.7 Å². The average Bonchev–Trinajstić information content (AvgIpc) is 3.53. The number of aromatic nitrogens is 1. The zero-order chi connectivity index (χ0) is 33.1. The van der Waals surface area contributed by atoms with Crippen LogP contribution in [0.25, 0.3) is 0 Å². The Morgan fingerprint density at radius 2 is 1.38 bits per heavy atom. The fourth-order valence-electron chi connectivity index (χ4n) is 4.90. The number of nitrogens with zero attached hydrogens (tertiary/aromatic N) is 1. The van der Waals surface area contributed by atoms with Gasteiger partial charge in [0.15, 0.2) is 5.78 Å². The van der Waals surface area contributed by atoms with Crippen LogP contribution in [0.3, 0.4) is 0 Å². The number of epoxide rings is 1. The summed E-state index contributed by atoms with van der Waals surface area (Å²) in [6, 6.07) is 5.18. The number of carbonyl (C=O) groups is 5. The number of hydrogen-bond acceptors (Lipinski definition) is 9. The SMILES string of the molecule is CC(C)C[C@H](NC(=O)[C@H](Cc1cscn1)NC(=O)CO)C(=O)N[C@@H](Cc1ccccc1)C(=O)N[C@@H](CC(C)C)C(=O)[C@@]1(C)CO1. The average molecular weight is 644 g/mol. The maximum atomic E-state index is 13.8. The van der Waals surface area contributed by atoms with Crippen LogP contribution in [0.1, 0.15) is 58.7 Å². The van der Waals surface area contributed by atoms with Crippen molar-refractivity contribution >= 4 is 40.7 Å². The van der Waals surface area contributed by atoms with Crippen LogP contribution < -0.4 is 21.3 Å². The Morgan fingerprint density at radius 3 is 1.91 bits per heavy atom. The highest BCUT2D eigenvalue weighted by Crippen LogP contribution is 2.29. The van der Waals surface area contributed by atoms with Gasteiger partial charge in [0.05, 0.1) is 23.9 Å². The third-order valence-corrected chi connectivity index (χ3v) is 8.02. The second-order valence-corrected chi connectivity index (χ2v) is 13.2. The van der Waals surface area contributed by atoms with Crippen molar-refractivity contribution in [2.24, 2.45) is 11.8 Å². The van der Waals surface area contributed by atoms with Crippen LogP contribution in [0.4, 0.5) is 0 Å². The summed E-state index contributed by atoms with van der Waals surface area (Å²) in [6.07, 6.45) is 0.862. The molecule has 12 nitrogen and oxygen atoms in total. The van der Waals surface area contributed by atoms with E-state index in [2.05, 4.69) is 26.3 Å². The van der Waals surface area contributed by atoms with Crippen LogP contribution in [0.15, 0.2) is 41.2 Å². The summed E-state index contributed by atoms with van der Waals surface area (Å²) in [5.74, 6) is -2.60. The van der Waals surface area contributed by atoms with Gasteiger partial charge in [-0.15, -0.1) is 11.3 Å². The summed E-state index contributed by atoms with van der Waals surface area (Å²) in [7, 11) is 0. The van der Waals surface area contributed by atoms with E-state index in [-0.39, 0.29) is 36.9 Å². The normalized spacial score (nSPS) is 18.4.